The summed E-state index contributed by atoms with van der Waals surface area (Å²) in [6.07, 6.45) is 2.21. The van der Waals surface area contributed by atoms with Gasteiger partial charge in [-0.15, -0.1) is 0 Å². The predicted molar refractivity (Wildman–Crippen MR) is 67.9 cm³/mol. The molecule has 1 saturated heterocycles. The van der Waals surface area contributed by atoms with E-state index in [1.54, 1.807) is 6.07 Å². The topological polar surface area (TPSA) is 51.5 Å². The number of hydrogen-bond acceptors (Lipinski definition) is 2. The fourth-order valence-electron chi connectivity index (χ4n) is 2.58. The van der Waals surface area contributed by atoms with E-state index in [0.29, 0.717) is 12.2 Å². The Labute approximate surface area is 105 Å². The molecule has 0 spiro atoms. The Hall–Kier alpha value is -1.81. The van der Waals surface area contributed by atoms with Crippen LogP contribution < -0.4 is 0 Å². The van der Waals surface area contributed by atoms with Gasteiger partial charge in [0.25, 0.3) is 0 Å². The quantitative estimate of drug-likeness (QED) is 0.904. The van der Waals surface area contributed by atoms with Gasteiger partial charge in [0.2, 0.25) is 0 Å². The second-order valence-corrected chi connectivity index (χ2v) is 4.64. The van der Waals surface area contributed by atoms with Gasteiger partial charge in [-0.3, -0.25) is 0 Å². The first kappa shape index (κ1) is 11.3. The van der Waals surface area contributed by atoms with Crippen LogP contribution in [0.5, 0.6) is 0 Å². The molecule has 3 rings (SSSR count). The lowest BCUT2D eigenvalue weighted by Gasteiger charge is -2.13. The molecule has 1 aromatic heterocycles. The molecule has 0 aliphatic carbocycles. The van der Waals surface area contributed by atoms with Crippen LogP contribution in [0.25, 0.3) is 10.9 Å². The van der Waals surface area contributed by atoms with E-state index in [4.69, 9.17) is 4.74 Å². The highest BCUT2D eigenvalue weighted by molar-refractivity contribution is 5.94. The minimum absolute atomic E-state index is 0.138. The van der Waals surface area contributed by atoms with Gasteiger partial charge in [-0.2, -0.15) is 0 Å². The van der Waals surface area contributed by atoms with Crippen LogP contribution in [-0.4, -0.2) is 28.4 Å². The number of fused-ring (bicyclic) bond motifs is 1. The molecule has 0 saturated carbocycles. The third-order valence-electron chi connectivity index (χ3n) is 3.44. The summed E-state index contributed by atoms with van der Waals surface area (Å²) in [6, 6.07) is 9.47. The van der Waals surface area contributed by atoms with Gasteiger partial charge in [-0.1, -0.05) is 18.2 Å². The van der Waals surface area contributed by atoms with Crippen LogP contribution >= 0.6 is 0 Å². The van der Waals surface area contributed by atoms with E-state index in [2.05, 4.69) is 0 Å². The fourth-order valence-corrected chi connectivity index (χ4v) is 2.58. The highest BCUT2D eigenvalue weighted by atomic mass is 16.5. The third-order valence-corrected chi connectivity index (χ3v) is 3.44. The number of carboxylic acids is 1. The van der Waals surface area contributed by atoms with Crippen molar-refractivity contribution in [1.29, 1.82) is 0 Å². The molecule has 1 N–H and O–H groups in total. The first-order valence-corrected chi connectivity index (χ1v) is 6.19. The lowest BCUT2D eigenvalue weighted by molar-refractivity contribution is 0.0672. The van der Waals surface area contributed by atoms with E-state index in [-0.39, 0.29) is 6.10 Å². The van der Waals surface area contributed by atoms with E-state index in [0.717, 1.165) is 30.4 Å². The summed E-state index contributed by atoms with van der Waals surface area (Å²) in [7, 11) is 0. The maximum absolute atomic E-state index is 11.3. The largest absolute Gasteiger partial charge is 0.477 e. The third kappa shape index (κ3) is 1.88. The van der Waals surface area contributed by atoms with Gasteiger partial charge < -0.3 is 14.4 Å². The number of aromatic nitrogens is 1. The molecule has 2 heterocycles. The summed E-state index contributed by atoms with van der Waals surface area (Å²) >= 11 is 0. The summed E-state index contributed by atoms with van der Waals surface area (Å²) in [6.45, 7) is 1.40. The normalized spacial score (nSPS) is 19.4. The molecule has 1 aliphatic heterocycles. The number of rotatable bonds is 3. The second-order valence-electron chi connectivity index (χ2n) is 4.64. The molecule has 1 aliphatic rings. The number of aromatic carboxylic acids is 1. The van der Waals surface area contributed by atoms with Gasteiger partial charge >= 0.3 is 5.97 Å². The van der Waals surface area contributed by atoms with Crippen molar-refractivity contribution in [2.45, 2.75) is 25.5 Å². The smallest absolute Gasteiger partial charge is 0.352 e. The molecule has 0 amide bonds. The Morgan fingerprint density at radius 1 is 1.44 bits per heavy atom. The average Bonchev–Trinajstić information content (AvgIpc) is 2.98. The van der Waals surface area contributed by atoms with Crippen LogP contribution in [-0.2, 0) is 11.3 Å². The van der Waals surface area contributed by atoms with Crippen LogP contribution in [0.3, 0.4) is 0 Å². The summed E-state index contributed by atoms with van der Waals surface area (Å²) in [4.78, 5) is 11.3. The van der Waals surface area contributed by atoms with Crippen LogP contribution in [0.4, 0.5) is 0 Å². The van der Waals surface area contributed by atoms with Crippen molar-refractivity contribution in [2.75, 3.05) is 6.61 Å². The van der Waals surface area contributed by atoms with Crippen LogP contribution in [0.2, 0.25) is 0 Å². The molecular formula is C14H15NO3. The minimum Gasteiger partial charge on any atom is -0.477 e. The average molecular weight is 245 g/mol. The summed E-state index contributed by atoms with van der Waals surface area (Å²) in [5.74, 6) is -0.885. The molecule has 0 radical (unpaired) electrons. The number of para-hydroxylation sites is 1. The maximum atomic E-state index is 11.3. The van der Waals surface area contributed by atoms with E-state index in [1.807, 2.05) is 28.8 Å². The highest BCUT2D eigenvalue weighted by Crippen LogP contribution is 2.23. The van der Waals surface area contributed by atoms with Crippen molar-refractivity contribution in [3.8, 4) is 0 Å². The van der Waals surface area contributed by atoms with Gasteiger partial charge in [0.1, 0.15) is 5.69 Å². The zero-order valence-corrected chi connectivity index (χ0v) is 10.0. The minimum atomic E-state index is -0.885. The van der Waals surface area contributed by atoms with Crippen LogP contribution in [0.15, 0.2) is 30.3 Å². The number of nitrogens with zero attached hydrogens (tertiary/aromatic N) is 1. The van der Waals surface area contributed by atoms with Gasteiger partial charge in [0.05, 0.1) is 6.10 Å². The monoisotopic (exact) mass is 245 g/mol. The zero-order valence-electron chi connectivity index (χ0n) is 10.0. The Kier molecular flexibility index (Phi) is 2.80. The summed E-state index contributed by atoms with van der Waals surface area (Å²) in [5.41, 5.74) is 1.30. The lowest BCUT2D eigenvalue weighted by atomic mass is 10.2. The van der Waals surface area contributed by atoms with E-state index < -0.39 is 5.97 Å². The summed E-state index contributed by atoms with van der Waals surface area (Å²) < 4.78 is 7.45. The molecule has 18 heavy (non-hydrogen) atoms. The molecular weight excluding hydrogens is 230 g/mol. The molecule has 4 heteroatoms. The predicted octanol–water partition coefficient (Wildman–Crippen LogP) is 2.52. The number of carboxylic acid groups (broad SMARTS) is 1. The Morgan fingerprint density at radius 3 is 3.00 bits per heavy atom. The molecule has 94 valence electrons. The SMILES string of the molecule is O=C(O)c1cc2ccccc2n1CC1CCCO1. The van der Waals surface area contributed by atoms with Crippen molar-refractivity contribution in [3.05, 3.63) is 36.0 Å². The van der Waals surface area contributed by atoms with Gasteiger partial charge in [-0.05, 0) is 25.0 Å². The molecule has 1 unspecified atom stereocenters. The molecule has 1 aromatic carbocycles. The van der Waals surface area contributed by atoms with E-state index >= 15 is 0 Å². The van der Waals surface area contributed by atoms with Crippen molar-refractivity contribution in [3.63, 3.8) is 0 Å². The van der Waals surface area contributed by atoms with Crippen molar-refractivity contribution in [1.82, 2.24) is 4.57 Å². The lowest BCUT2D eigenvalue weighted by Crippen LogP contribution is -2.18. The van der Waals surface area contributed by atoms with Gasteiger partial charge in [0, 0.05) is 24.1 Å². The van der Waals surface area contributed by atoms with Crippen molar-refractivity contribution >= 4 is 16.9 Å². The zero-order chi connectivity index (χ0) is 12.5. The van der Waals surface area contributed by atoms with E-state index in [9.17, 15) is 9.90 Å². The Bertz CT molecular complexity index is 582. The Balaban J connectivity index is 2.05. The first-order valence-electron chi connectivity index (χ1n) is 6.19. The van der Waals surface area contributed by atoms with Crippen LogP contribution in [0, 0.1) is 0 Å². The number of ether oxygens (including phenoxy) is 1. The van der Waals surface area contributed by atoms with E-state index in [1.165, 1.54) is 0 Å². The number of carbonyl (C=O) groups is 1. The standard InChI is InChI=1S/C14H15NO3/c16-14(17)13-8-10-4-1-2-6-12(10)15(13)9-11-5-3-7-18-11/h1-2,4,6,8,11H,3,5,7,9H2,(H,16,17). The first-order chi connectivity index (χ1) is 8.75. The molecule has 4 nitrogen and oxygen atoms in total. The van der Waals surface area contributed by atoms with Crippen molar-refractivity contribution < 1.29 is 14.6 Å². The molecule has 1 atom stereocenters. The maximum Gasteiger partial charge on any atom is 0.352 e. The van der Waals surface area contributed by atoms with Crippen molar-refractivity contribution in [2.24, 2.45) is 0 Å². The second kappa shape index (κ2) is 4.46. The molecule has 0 bridgehead atoms. The summed E-state index contributed by atoms with van der Waals surface area (Å²) in [5, 5.41) is 10.2. The number of hydrogen-bond donors (Lipinski definition) is 1. The molecule has 1 fully saturated rings. The Morgan fingerprint density at radius 2 is 2.28 bits per heavy atom. The van der Waals surface area contributed by atoms with Gasteiger partial charge in [-0.25, -0.2) is 4.79 Å². The van der Waals surface area contributed by atoms with Crippen LogP contribution in [0.1, 0.15) is 23.3 Å². The number of benzene rings is 1. The fraction of sp³-hybridized carbons (Fsp3) is 0.357. The van der Waals surface area contributed by atoms with Gasteiger partial charge in [0.15, 0.2) is 0 Å². The molecule has 2 aromatic rings. The highest BCUT2D eigenvalue weighted by Gasteiger charge is 2.21.